The van der Waals surface area contributed by atoms with E-state index in [0.717, 1.165) is 42.4 Å². The van der Waals surface area contributed by atoms with Crippen molar-refractivity contribution in [2.75, 3.05) is 26.3 Å². The van der Waals surface area contributed by atoms with Crippen molar-refractivity contribution in [3.05, 3.63) is 46.4 Å². The lowest BCUT2D eigenvalue weighted by atomic mass is 9.89. The van der Waals surface area contributed by atoms with Crippen molar-refractivity contribution in [1.82, 2.24) is 15.1 Å². The molecule has 1 aromatic heterocycles. The third-order valence-electron chi connectivity index (χ3n) is 8.52. The van der Waals surface area contributed by atoms with E-state index in [0.29, 0.717) is 48.9 Å². The topological polar surface area (TPSA) is 136 Å². The van der Waals surface area contributed by atoms with Gasteiger partial charge in [-0.25, -0.2) is 0 Å². The van der Waals surface area contributed by atoms with Gasteiger partial charge in [-0.1, -0.05) is 12.1 Å². The zero-order valence-electron chi connectivity index (χ0n) is 22.2. The van der Waals surface area contributed by atoms with Gasteiger partial charge in [0.05, 0.1) is 24.3 Å². The maximum absolute atomic E-state index is 13.7. The van der Waals surface area contributed by atoms with E-state index in [1.54, 1.807) is 29.2 Å². The number of benzene rings is 1. The second kappa shape index (κ2) is 11.0. The molecule has 5 heterocycles. The summed E-state index contributed by atoms with van der Waals surface area (Å²) >= 11 is 1.27. The van der Waals surface area contributed by atoms with Gasteiger partial charge in [0.2, 0.25) is 11.8 Å². The zero-order valence-corrected chi connectivity index (χ0v) is 23.9. The molecule has 2 aromatic rings. The summed E-state index contributed by atoms with van der Waals surface area (Å²) in [4.78, 5) is 63.1. The molecule has 3 N–H and O–H groups in total. The fourth-order valence-electron chi connectivity index (χ4n) is 6.47. The van der Waals surface area contributed by atoms with Crippen LogP contribution in [0.5, 0.6) is 0 Å². The van der Waals surface area contributed by atoms with Crippen molar-refractivity contribution in [2.24, 2.45) is 5.92 Å². The highest BCUT2D eigenvalue weighted by molar-refractivity contribution is 7.50. The van der Waals surface area contributed by atoms with E-state index in [1.807, 2.05) is 4.90 Å². The summed E-state index contributed by atoms with van der Waals surface area (Å²) in [5.74, 6) is -0.197. The third kappa shape index (κ3) is 5.63. The maximum atomic E-state index is 13.7. The molecule has 0 saturated carbocycles. The Kier molecular flexibility index (Phi) is 7.61. The average Bonchev–Trinajstić information content (AvgIpc) is 3.47. The van der Waals surface area contributed by atoms with Crippen LogP contribution in [0.1, 0.15) is 53.8 Å². The number of hydrogen-bond acceptors (Lipinski definition) is 6. The van der Waals surface area contributed by atoms with E-state index in [-0.39, 0.29) is 29.9 Å². The van der Waals surface area contributed by atoms with E-state index in [4.69, 9.17) is 4.74 Å². The van der Waals surface area contributed by atoms with Crippen molar-refractivity contribution < 1.29 is 33.5 Å². The highest BCUT2D eigenvalue weighted by atomic mass is 32.1. The quantitative estimate of drug-likeness (QED) is 0.349. The number of carbonyl (C=O) groups is 3. The molecule has 4 aliphatic heterocycles. The first-order valence-corrected chi connectivity index (χ1v) is 16.5. The molecule has 0 aliphatic carbocycles. The van der Waals surface area contributed by atoms with Gasteiger partial charge in [0.15, 0.2) is 0 Å². The minimum Gasteiger partial charge on any atom is -0.377 e. The van der Waals surface area contributed by atoms with Crippen LogP contribution in [0.4, 0.5) is 0 Å². The largest absolute Gasteiger partial charge is 0.377 e. The molecular formula is C28H34N3O7PS. The molecule has 3 fully saturated rings. The first-order chi connectivity index (χ1) is 19.2. The zero-order chi connectivity index (χ0) is 28.0. The summed E-state index contributed by atoms with van der Waals surface area (Å²) in [5, 5.41) is 3.65. The van der Waals surface area contributed by atoms with Gasteiger partial charge in [0, 0.05) is 29.7 Å². The maximum Gasteiger partial charge on any atom is 0.329 e. The number of likely N-dealkylation sites (tertiary alicyclic amines) is 1. The van der Waals surface area contributed by atoms with E-state index in [9.17, 15) is 28.7 Å². The molecule has 12 heteroatoms. The Morgan fingerprint density at radius 2 is 1.95 bits per heavy atom. The fourth-order valence-corrected chi connectivity index (χ4v) is 8.09. The number of amides is 3. The summed E-state index contributed by atoms with van der Waals surface area (Å²) in [6, 6.07) is 5.62. The van der Waals surface area contributed by atoms with Gasteiger partial charge in [0.25, 0.3) is 5.91 Å². The summed E-state index contributed by atoms with van der Waals surface area (Å²) in [6.07, 6.45) is 6.36. The normalized spacial score (nSPS) is 25.8. The second-order valence-electron chi connectivity index (χ2n) is 11.3. The van der Waals surface area contributed by atoms with Crippen LogP contribution in [0.3, 0.4) is 0 Å². The summed E-state index contributed by atoms with van der Waals surface area (Å²) in [5.41, 5.74) is 1.77. The molecule has 0 unspecified atom stereocenters. The third-order valence-corrected chi connectivity index (χ3v) is 10.4. The van der Waals surface area contributed by atoms with Gasteiger partial charge in [-0.3, -0.25) is 18.9 Å². The van der Waals surface area contributed by atoms with Crippen molar-refractivity contribution in [2.45, 2.75) is 62.8 Å². The Labute approximate surface area is 236 Å². The van der Waals surface area contributed by atoms with Crippen molar-refractivity contribution in [3.8, 4) is 0 Å². The highest BCUT2D eigenvalue weighted by Gasteiger charge is 2.47. The number of nitrogens with one attached hydrogen (secondary N) is 1. The Morgan fingerprint density at radius 3 is 2.70 bits per heavy atom. The molecule has 4 aliphatic rings. The second-order valence-corrected chi connectivity index (χ2v) is 14.0. The molecular weight excluding hydrogens is 553 g/mol. The van der Waals surface area contributed by atoms with Crippen LogP contribution in [0.25, 0.3) is 10.1 Å². The highest BCUT2D eigenvalue weighted by Crippen LogP contribution is 2.40. The van der Waals surface area contributed by atoms with Crippen molar-refractivity contribution in [1.29, 1.82) is 0 Å². The lowest BCUT2D eigenvalue weighted by Crippen LogP contribution is -2.59. The van der Waals surface area contributed by atoms with Crippen LogP contribution < -0.4 is 5.32 Å². The molecule has 6 rings (SSSR count). The Hall–Kier alpha value is -2.56. The van der Waals surface area contributed by atoms with E-state index in [1.165, 1.54) is 16.9 Å². The lowest BCUT2D eigenvalue weighted by Gasteiger charge is -2.44. The number of thiophene rings is 1. The van der Waals surface area contributed by atoms with Gasteiger partial charge >= 0.3 is 7.60 Å². The first kappa shape index (κ1) is 27.6. The minimum atomic E-state index is -4.20. The van der Waals surface area contributed by atoms with Crippen molar-refractivity contribution in [3.63, 3.8) is 0 Å². The smallest absolute Gasteiger partial charge is 0.329 e. The van der Waals surface area contributed by atoms with Crippen LogP contribution in [0.2, 0.25) is 0 Å². The predicted molar refractivity (Wildman–Crippen MR) is 150 cm³/mol. The van der Waals surface area contributed by atoms with E-state index < -0.39 is 19.7 Å². The van der Waals surface area contributed by atoms with Gasteiger partial charge in [-0.15, -0.1) is 11.3 Å². The van der Waals surface area contributed by atoms with E-state index >= 15 is 0 Å². The predicted octanol–water partition coefficient (Wildman–Crippen LogP) is 3.03. The number of hydrogen-bond donors (Lipinski definition) is 3. The standard InChI is InChI=1S/C28H34N3O7PS/c32-26(25-12-19-11-17(16-39(35,36)37)6-9-24(19)40-25)29-22-5-1-4-21-7-8-23(31(21)27(22)33)28(34)30-13-20(14-30)18-3-2-10-38-15-18/h3,6,9,11-12,20-23H,1-2,4-5,7-8,10,13-16H2,(H,29,32)(H2,35,36,37)/t21-,22-,23-/m0/s1. The van der Waals surface area contributed by atoms with Crippen LogP contribution in [-0.2, 0) is 25.1 Å². The summed E-state index contributed by atoms with van der Waals surface area (Å²) < 4.78 is 17.8. The molecule has 3 saturated heterocycles. The molecule has 3 atom stereocenters. The molecule has 40 heavy (non-hydrogen) atoms. The SMILES string of the molecule is O=C(N[C@H]1CCC[C@H]2CC[C@@H](C(=O)N3CC(C4=CCCOC4)C3)N2C1=O)c1cc2cc(CP(=O)(O)O)ccc2s1. The van der Waals surface area contributed by atoms with Crippen LogP contribution in [0.15, 0.2) is 35.9 Å². The monoisotopic (exact) mass is 587 g/mol. The summed E-state index contributed by atoms with van der Waals surface area (Å²) in [6.45, 7) is 2.72. The van der Waals surface area contributed by atoms with Gasteiger partial charge in [-0.05, 0) is 73.2 Å². The molecule has 3 amide bonds. The summed E-state index contributed by atoms with van der Waals surface area (Å²) in [7, 11) is -4.20. The Balaban J connectivity index is 1.12. The fraction of sp³-hybridized carbons (Fsp3) is 0.536. The van der Waals surface area contributed by atoms with Gasteiger partial charge in [0.1, 0.15) is 12.1 Å². The van der Waals surface area contributed by atoms with Crippen molar-refractivity contribution >= 4 is 46.7 Å². The molecule has 10 nitrogen and oxygen atoms in total. The Bertz CT molecular complexity index is 1410. The van der Waals surface area contributed by atoms with Gasteiger partial charge in [-0.2, -0.15) is 0 Å². The average molecular weight is 588 g/mol. The van der Waals surface area contributed by atoms with E-state index in [2.05, 4.69) is 11.4 Å². The molecule has 0 bridgehead atoms. The number of rotatable bonds is 6. The number of ether oxygens (including phenoxy) is 1. The lowest BCUT2D eigenvalue weighted by molar-refractivity contribution is -0.149. The number of carbonyl (C=O) groups excluding carboxylic acids is 3. The van der Waals surface area contributed by atoms with Gasteiger partial charge < -0.3 is 29.6 Å². The molecule has 1 aromatic carbocycles. The minimum absolute atomic E-state index is 0.00650. The molecule has 0 radical (unpaired) electrons. The van der Waals surface area contributed by atoms with Crippen LogP contribution >= 0.6 is 18.9 Å². The number of nitrogens with zero attached hydrogens (tertiary/aromatic N) is 2. The van der Waals surface area contributed by atoms with Crippen LogP contribution in [0, 0.1) is 5.92 Å². The van der Waals surface area contributed by atoms with Crippen LogP contribution in [-0.4, -0.2) is 81.7 Å². The number of fused-ring (bicyclic) bond motifs is 2. The molecule has 214 valence electrons. The molecule has 0 spiro atoms. The first-order valence-electron chi connectivity index (χ1n) is 13.9. The Morgan fingerprint density at radius 1 is 1.12 bits per heavy atom.